The van der Waals surface area contributed by atoms with Crippen molar-refractivity contribution >= 4 is 23.2 Å². The predicted octanol–water partition coefficient (Wildman–Crippen LogP) is 2.72. The van der Waals surface area contributed by atoms with Crippen LogP contribution in [0.5, 0.6) is 0 Å². The lowest BCUT2D eigenvalue weighted by atomic mass is 9.99. The Bertz CT molecular complexity index is 711. The van der Waals surface area contributed by atoms with Crippen LogP contribution >= 0.6 is 11.6 Å². The van der Waals surface area contributed by atoms with Crippen molar-refractivity contribution in [1.82, 2.24) is 9.88 Å². The number of aromatic nitrogens is 1. The summed E-state index contributed by atoms with van der Waals surface area (Å²) in [6, 6.07) is 5.00. The van der Waals surface area contributed by atoms with Gasteiger partial charge < -0.3 is 15.2 Å². The Kier molecular flexibility index (Phi) is 3.69. The van der Waals surface area contributed by atoms with E-state index >= 15 is 0 Å². The number of anilines is 1. The van der Waals surface area contributed by atoms with Gasteiger partial charge in [-0.1, -0.05) is 17.7 Å². The van der Waals surface area contributed by atoms with E-state index in [4.69, 9.17) is 11.6 Å². The Balaban J connectivity index is 1.88. The van der Waals surface area contributed by atoms with Gasteiger partial charge in [0.05, 0.1) is 10.7 Å². The Morgan fingerprint density at radius 2 is 2.29 bits per heavy atom. The molecule has 2 N–H and O–H groups in total. The van der Waals surface area contributed by atoms with E-state index < -0.39 is 0 Å². The monoisotopic (exact) mass is 307 g/mol. The van der Waals surface area contributed by atoms with Gasteiger partial charge >= 0.3 is 0 Å². The number of rotatable bonds is 2. The van der Waals surface area contributed by atoms with Crippen molar-refractivity contribution in [3.8, 4) is 0 Å². The molecule has 1 amide bonds. The number of carbonyl (C=O) groups excluding carboxylic acids is 1. The average molecular weight is 308 g/mol. The number of amides is 1. The number of aryl methyl sites for hydroxylation is 1. The maximum atomic E-state index is 14.5. The second-order valence-corrected chi connectivity index (χ2v) is 5.54. The fourth-order valence-corrected chi connectivity index (χ4v) is 2.82. The van der Waals surface area contributed by atoms with Crippen molar-refractivity contribution in [1.29, 1.82) is 0 Å². The molecule has 2 heterocycles. The fraction of sp³-hybridized carbons (Fsp3) is 0.267. The van der Waals surface area contributed by atoms with Gasteiger partial charge in [-0.15, -0.1) is 0 Å². The summed E-state index contributed by atoms with van der Waals surface area (Å²) in [5.74, 6) is -0.722. The molecule has 1 aliphatic heterocycles. The molecule has 21 heavy (non-hydrogen) atoms. The highest BCUT2D eigenvalue weighted by molar-refractivity contribution is 6.31. The summed E-state index contributed by atoms with van der Waals surface area (Å²) in [5.41, 5.74) is 2.21. The van der Waals surface area contributed by atoms with Gasteiger partial charge in [0.2, 0.25) is 0 Å². The van der Waals surface area contributed by atoms with Gasteiger partial charge in [0.25, 0.3) is 5.91 Å². The molecule has 3 rings (SSSR count). The van der Waals surface area contributed by atoms with Gasteiger partial charge in [-0.3, -0.25) is 4.79 Å². The maximum absolute atomic E-state index is 14.5. The molecule has 1 aromatic carbocycles. The minimum absolute atomic E-state index is 0.206. The number of benzene rings is 1. The quantitative estimate of drug-likeness (QED) is 0.896. The molecule has 0 atom stereocenters. The van der Waals surface area contributed by atoms with Crippen molar-refractivity contribution in [2.24, 2.45) is 7.05 Å². The minimum Gasteiger partial charge on any atom is -0.345 e. The zero-order chi connectivity index (χ0) is 15.0. The zero-order valence-corrected chi connectivity index (χ0v) is 12.3. The van der Waals surface area contributed by atoms with Crippen molar-refractivity contribution in [3.05, 3.63) is 52.1 Å². The van der Waals surface area contributed by atoms with E-state index in [1.807, 2.05) is 6.07 Å². The first-order chi connectivity index (χ1) is 10.1. The molecule has 0 fully saturated rings. The van der Waals surface area contributed by atoms with E-state index in [0.29, 0.717) is 29.2 Å². The van der Waals surface area contributed by atoms with Crippen LogP contribution in [0.25, 0.3) is 0 Å². The molecular formula is C15H15ClFN3O. The fourth-order valence-electron chi connectivity index (χ4n) is 2.57. The van der Waals surface area contributed by atoms with Crippen LogP contribution in [0.15, 0.2) is 24.4 Å². The van der Waals surface area contributed by atoms with E-state index in [-0.39, 0.29) is 17.4 Å². The molecule has 110 valence electrons. The molecule has 2 aromatic rings. The van der Waals surface area contributed by atoms with Crippen LogP contribution in [0.3, 0.4) is 0 Å². The Labute approximate surface area is 126 Å². The van der Waals surface area contributed by atoms with Crippen LogP contribution in [-0.4, -0.2) is 17.0 Å². The molecule has 0 radical (unpaired) electrons. The number of hydrogen-bond donors (Lipinski definition) is 2. The van der Waals surface area contributed by atoms with Gasteiger partial charge in [-0.05, 0) is 36.2 Å². The third-order valence-corrected chi connectivity index (χ3v) is 3.87. The highest BCUT2D eigenvalue weighted by Gasteiger charge is 2.19. The highest BCUT2D eigenvalue weighted by atomic mass is 35.5. The summed E-state index contributed by atoms with van der Waals surface area (Å²) in [5, 5.41) is 6.28. The molecule has 0 unspecified atom stereocenters. The standard InChI is InChI=1S/C15H15ClFN3O/c1-20-8-10(16)6-13(20)15(21)19-12-3-2-9-7-18-5-4-11(9)14(12)17/h2-3,6,8,18H,4-5,7H2,1H3,(H,19,21). The van der Waals surface area contributed by atoms with Crippen LogP contribution in [0.1, 0.15) is 21.6 Å². The lowest BCUT2D eigenvalue weighted by Crippen LogP contribution is -2.25. The SMILES string of the molecule is Cn1cc(Cl)cc1C(=O)Nc1ccc2c(c1F)CCNC2. The zero-order valence-electron chi connectivity index (χ0n) is 11.5. The molecule has 1 aliphatic rings. The Morgan fingerprint density at radius 3 is 3.00 bits per heavy atom. The van der Waals surface area contributed by atoms with Crippen molar-refractivity contribution in [2.75, 3.05) is 11.9 Å². The summed E-state index contributed by atoms with van der Waals surface area (Å²) in [6.07, 6.45) is 2.26. The van der Waals surface area contributed by atoms with Gasteiger partial charge in [0, 0.05) is 19.8 Å². The number of fused-ring (bicyclic) bond motifs is 1. The summed E-state index contributed by atoms with van der Waals surface area (Å²) in [7, 11) is 1.72. The van der Waals surface area contributed by atoms with Crippen LogP contribution in [0.4, 0.5) is 10.1 Å². The molecular weight excluding hydrogens is 293 g/mol. The second-order valence-electron chi connectivity index (χ2n) is 5.10. The Morgan fingerprint density at radius 1 is 1.48 bits per heavy atom. The van der Waals surface area contributed by atoms with E-state index in [2.05, 4.69) is 10.6 Å². The van der Waals surface area contributed by atoms with Crippen molar-refractivity contribution in [2.45, 2.75) is 13.0 Å². The Hall–Kier alpha value is -1.85. The van der Waals surface area contributed by atoms with Gasteiger partial charge in [-0.2, -0.15) is 0 Å². The van der Waals surface area contributed by atoms with E-state index in [1.165, 1.54) is 0 Å². The number of nitrogens with one attached hydrogen (secondary N) is 2. The third-order valence-electron chi connectivity index (χ3n) is 3.66. The summed E-state index contributed by atoms with van der Waals surface area (Å²) < 4.78 is 16.1. The average Bonchev–Trinajstić information content (AvgIpc) is 2.81. The molecule has 0 spiro atoms. The maximum Gasteiger partial charge on any atom is 0.272 e. The topological polar surface area (TPSA) is 46.1 Å². The number of nitrogens with zero attached hydrogens (tertiary/aromatic N) is 1. The molecule has 4 nitrogen and oxygen atoms in total. The molecule has 0 saturated heterocycles. The number of hydrogen-bond acceptors (Lipinski definition) is 2. The first-order valence-electron chi connectivity index (χ1n) is 6.70. The first kappa shape index (κ1) is 14.1. The van der Waals surface area contributed by atoms with Gasteiger partial charge in [0.15, 0.2) is 0 Å². The van der Waals surface area contributed by atoms with Gasteiger partial charge in [-0.25, -0.2) is 4.39 Å². The van der Waals surface area contributed by atoms with Crippen LogP contribution < -0.4 is 10.6 Å². The summed E-state index contributed by atoms with van der Waals surface area (Å²) >= 11 is 5.86. The van der Waals surface area contributed by atoms with Crippen LogP contribution in [-0.2, 0) is 20.0 Å². The normalized spacial score (nSPS) is 13.9. The van der Waals surface area contributed by atoms with Crippen molar-refractivity contribution < 1.29 is 9.18 Å². The second kappa shape index (κ2) is 5.50. The molecule has 0 saturated carbocycles. The number of halogens is 2. The summed E-state index contributed by atoms with van der Waals surface area (Å²) in [6.45, 7) is 1.41. The molecule has 1 aromatic heterocycles. The van der Waals surface area contributed by atoms with Crippen molar-refractivity contribution in [3.63, 3.8) is 0 Å². The highest BCUT2D eigenvalue weighted by Crippen LogP contribution is 2.25. The minimum atomic E-state index is -0.378. The number of carbonyl (C=O) groups is 1. The smallest absolute Gasteiger partial charge is 0.272 e. The molecule has 0 aliphatic carbocycles. The lowest BCUT2D eigenvalue weighted by molar-refractivity contribution is 0.101. The van der Waals surface area contributed by atoms with Crippen LogP contribution in [0.2, 0.25) is 5.02 Å². The molecule has 6 heteroatoms. The van der Waals surface area contributed by atoms with Gasteiger partial charge in [0.1, 0.15) is 11.5 Å². The third kappa shape index (κ3) is 2.66. The van der Waals surface area contributed by atoms with E-state index in [1.54, 1.807) is 29.9 Å². The largest absolute Gasteiger partial charge is 0.345 e. The molecule has 0 bridgehead atoms. The first-order valence-corrected chi connectivity index (χ1v) is 7.08. The van der Waals surface area contributed by atoms with Crippen LogP contribution in [0, 0.1) is 5.82 Å². The van der Waals surface area contributed by atoms with E-state index in [9.17, 15) is 9.18 Å². The van der Waals surface area contributed by atoms with E-state index in [0.717, 1.165) is 12.1 Å². The lowest BCUT2D eigenvalue weighted by Gasteiger charge is -2.19. The summed E-state index contributed by atoms with van der Waals surface area (Å²) in [4.78, 5) is 12.2. The predicted molar refractivity (Wildman–Crippen MR) is 80.2 cm³/mol.